The van der Waals surface area contributed by atoms with Crippen molar-refractivity contribution in [3.8, 4) is 0 Å². The lowest BCUT2D eigenvalue weighted by Gasteiger charge is -2.12. The molecule has 0 bridgehead atoms. The van der Waals surface area contributed by atoms with Gasteiger partial charge in [0, 0.05) is 5.92 Å². The lowest BCUT2D eigenvalue weighted by molar-refractivity contribution is -0.107. The number of carbonyl (C=O) groups excluding carboxylic acids is 1. The molecule has 0 N–H and O–H groups in total. The molecule has 0 radical (unpaired) electrons. The molecule has 1 aromatic rings. The molecule has 1 nitrogen and oxygen atoms in total. The van der Waals surface area contributed by atoms with Gasteiger partial charge in [-0.3, -0.25) is 0 Å². The second-order valence-corrected chi connectivity index (χ2v) is 3.28. The number of benzene rings is 1. The van der Waals surface area contributed by atoms with Crippen LogP contribution in [0, 0.1) is 0 Å². The molecule has 0 aliphatic heterocycles. The highest BCUT2D eigenvalue weighted by Gasteiger charge is 2.14. The predicted molar refractivity (Wildman–Crippen MR) is 50.6 cm³/mol. The molecular weight excluding hydrogens is 172 g/mol. The number of halogens is 1. The summed E-state index contributed by atoms with van der Waals surface area (Å²) in [6, 6.07) is 9.79. The molecule has 0 aliphatic carbocycles. The Morgan fingerprint density at radius 3 is 2.42 bits per heavy atom. The number of hydrogen-bond donors (Lipinski definition) is 0. The molecule has 0 fully saturated rings. The summed E-state index contributed by atoms with van der Waals surface area (Å²) in [4.78, 5) is 10.4. The highest BCUT2D eigenvalue weighted by Crippen LogP contribution is 2.21. The molecule has 64 valence electrons. The molecule has 1 aromatic carbocycles. The van der Waals surface area contributed by atoms with Crippen LogP contribution in [0.2, 0.25) is 0 Å². The Balaban J connectivity index is 2.78. The Morgan fingerprint density at radius 1 is 1.33 bits per heavy atom. The fourth-order valence-electron chi connectivity index (χ4n) is 1.06. The summed E-state index contributed by atoms with van der Waals surface area (Å²) in [5, 5.41) is -0.424. The minimum absolute atomic E-state index is 0.0883. The standard InChI is InChI=1S/C10H11ClO/c1-8(10(11)7-12)9-5-3-2-4-6-9/h2-8,10H,1H3/t8-,10-/m1/s1. The maximum absolute atomic E-state index is 10.4. The Bertz CT molecular complexity index is 245. The molecule has 0 amide bonds. The summed E-state index contributed by atoms with van der Waals surface area (Å²) >= 11 is 5.78. The maximum Gasteiger partial charge on any atom is 0.138 e. The van der Waals surface area contributed by atoms with E-state index in [1.165, 1.54) is 0 Å². The largest absolute Gasteiger partial charge is 0.302 e. The van der Waals surface area contributed by atoms with Gasteiger partial charge >= 0.3 is 0 Å². The van der Waals surface area contributed by atoms with E-state index in [9.17, 15) is 4.79 Å². The zero-order chi connectivity index (χ0) is 8.97. The summed E-state index contributed by atoms with van der Waals surface area (Å²) in [5.74, 6) is 0.0883. The SMILES string of the molecule is C[C@H](c1ccccc1)[C@H](Cl)C=O. The molecule has 0 heterocycles. The predicted octanol–water partition coefficient (Wildman–Crippen LogP) is 2.60. The minimum Gasteiger partial charge on any atom is -0.302 e. The quantitative estimate of drug-likeness (QED) is 0.519. The van der Waals surface area contributed by atoms with Crippen molar-refractivity contribution in [1.29, 1.82) is 0 Å². The zero-order valence-corrected chi connectivity index (χ0v) is 7.66. The van der Waals surface area contributed by atoms with E-state index in [0.717, 1.165) is 11.8 Å². The molecular formula is C10H11ClO. The Labute approximate surface area is 77.4 Å². The molecule has 1 rings (SSSR count). The van der Waals surface area contributed by atoms with Gasteiger partial charge in [-0.25, -0.2) is 0 Å². The highest BCUT2D eigenvalue weighted by molar-refractivity contribution is 6.28. The summed E-state index contributed by atoms with van der Waals surface area (Å²) in [5.41, 5.74) is 1.10. The van der Waals surface area contributed by atoms with Gasteiger partial charge < -0.3 is 4.79 Å². The number of rotatable bonds is 3. The van der Waals surface area contributed by atoms with E-state index in [1.807, 2.05) is 37.3 Å². The van der Waals surface area contributed by atoms with Crippen LogP contribution in [0.15, 0.2) is 30.3 Å². The molecule has 12 heavy (non-hydrogen) atoms. The van der Waals surface area contributed by atoms with Crippen molar-refractivity contribution in [2.75, 3.05) is 0 Å². The van der Waals surface area contributed by atoms with Gasteiger partial charge in [-0.2, -0.15) is 0 Å². The van der Waals surface area contributed by atoms with Crippen LogP contribution in [0.4, 0.5) is 0 Å². The second kappa shape index (κ2) is 4.27. The third kappa shape index (κ3) is 2.08. The molecule has 0 aliphatic rings. The van der Waals surface area contributed by atoms with Gasteiger partial charge in [0.2, 0.25) is 0 Å². The van der Waals surface area contributed by atoms with Crippen LogP contribution >= 0.6 is 11.6 Å². The van der Waals surface area contributed by atoms with Crippen LogP contribution in [0.25, 0.3) is 0 Å². The van der Waals surface area contributed by atoms with E-state index < -0.39 is 5.38 Å². The normalized spacial score (nSPS) is 15.2. The van der Waals surface area contributed by atoms with E-state index in [1.54, 1.807) is 0 Å². The van der Waals surface area contributed by atoms with Crippen molar-refractivity contribution in [2.45, 2.75) is 18.2 Å². The Morgan fingerprint density at radius 2 is 1.92 bits per heavy atom. The average Bonchev–Trinajstić information content (AvgIpc) is 2.17. The average molecular weight is 183 g/mol. The first-order valence-corrected chi connectivity index (χ1v) is 4.33. The van der Waals surface area contributed by atoms with Gasteiger partial charge in [0.25, 0.3) is 0 Å². The van der Waals surface area contributed by atoms with Gasteiger partial charge in [0.15, 0.2) is 0 Å². The summed E-state index contributed by atoms with van der Waals surface area (Å²) < 4.78 is 0. The summed E-state index contributed by atoms with van der Waals surface area (Å²) in [6.07, 6.45) is 0.777. The summed E-state index contributed by atoms with van der Waals surface area (Å²) in [6.45, 7) is 1.95. The maximum atomic E-state index is 10.4. The topological polar surface area (TPSA) is 17.1 Å². The van der Waals surface area contributed by atoms with Crippen molar-refractivity contribution < 1.29 is 4.79 Å². The Hall–Kier alpha value is -0.820. The summed E-state index contributed by atoms with van der Waals surface area (Å²) in [7, 11) is 0. The van der Waals surface area contributed by atoms with Gasteiger partial charge in [-0.05, 0) is 5.56 Å². The number of alkyl halides is 1. The van der Waals surface area contributed by atoms with Gasteiger partial charge in [0.05, 0.1) is 5.38 Å². The van der Waals surface area contributed by atoms with Crippen LogP contribution in [0.5, 0.6) is 0 Å². The first-order chi connectivity index (χ1) is 5.75. The fourth-order valence-corrected chi connectivity index (χ4v) is 1.20. The van der Waals surface area contributed by atoms with E-state index in [-0.39, 0.29) is 5.92 Å². The molecule has 0 spiro atoms. The van der Waals surface area contributed by atoms with Gasteiger partial charge in [0.1, 0.15) is 6.29 Å². The van der Waals surface area contributed by atoms with Crippen molar-refractivity contribution in [1.82, 2.24) is 0 Å². The lowest BCUT2D eigenvalue weighted by atomic mass is 9.98. The van der Waals surface area contributed by atoms with E-state index in [0.29, 0.717) is 0 Å². The third-order valence-electron chi connectivity index (χ3n) is 1.93. The van der Waals surface area contributed by atoms with Crippen LogP contribution in [0.3, 0.4) is 0 Å². The van der Waals surface area contributed by atoms with E-state index in [2.05, 4.69) is 0 Å². The smallest absolute Gasteiger partial charge is 0.138 e. The van der Waals surface area contributed by atoms with Crippen LogP contribution in [0.1, 0.15) is 18.4 Å². The highest BCUT2D eigenvalue weighted by atomic mass is 35.5. The van der Waals surface area contributed by atoms with Gasteiger partial charge in [-0.1, -0.05) is 37.3 Å². The third-order valence-corrected chi connectivity index (χ3v) is 2.41. The monoisotopic (exact) mass is 182 g/mol. The second-order valence-electron chi connectivity index (χ2n) is 2.78. The number of aldehydes is 1. The van der Waals surface area contributed by atoms with E-state index in [4.69, 9.17) is 11.6 Å². The first kappa shape index (κ1) is 9.27. The number of hydrogen-bond acceptors (Lipinski definition) is 1. The molecule has 0 aromatic heterocycles. The zero-order valence-electron chi connectivity index (χ0n) is 6.91. The number of carbonyl (C=O) groups is 1. The van der Waals surface area contributed by atoms with Crippen molar-refractivity contribution in [3.05, 3.63) is 35.9 Å². The fraction of sp³-hybridized carbons (Fsp3) is 0.300. The van der Waals surface area contributed by atoms with Gasteiger partial charge in [-0.15, -0.1) is 11.6 Å². The molecule has 0 saturated heterocycles. The van der Waals surface area contributed by atoms with Crippen molar-refractivity contribution in [2.24, 2.45) is 0 Å². The van der Waals surface area contributed by atoms with Crippen LogP contribution < -0.4 is 0 Å². The minimum atomic E-state index is -0.424. The Kier molecular flexibility index (Phi) is 3.30. The lowest BCUT2D eigenvalue weighted by Crippen LogP contribution is -2.10. The van der Waals surface area contributed by atoms with Crippen LogP contribution in [-0.2, 0) is 4.79 Å². The molecule has 0 unspecified atom stereocenters. The van der Waals surface area contributed by atoms with E-state index >= 15 is 0 Å². The van der Waals surface area contributed by atoms with Crippen molar-refractivity contribution >= 4 is 17.9 Å². The molecule has 0 saturated carbocycles. The van der Waals surface area contributed by atoms with Crippen LogP contribution in [-0.4, -0.2) is 11.7 Å². The molecule has 2 atom stereocenters. The molecule has 2 heteroatoms. The first-order valence-electron chi connectivity index (χ1n) is 3.90. The van der Waals surface area contributed by atoms with Crippen molar-refractivity contribution in [3.63, 3.8) is 0 Å².